The van der Waals surface area contributed by atoms with Gasteiger partial charge < -0.3 is 34.8 Å². The number of carbonyl (C=O) groups excluding carboxylic acids is 2. The summed E-state index contributed by atoms with van der Waals surface area (Å²) in [6, 6.07) is 22.9. The normalized spacial score (nSPS) is 15.9. The number of rotatable bonds is 9. The number of nitrogens with zero attached hydrogens (tertiary/aromatic N) is 3. The van der Waals surface area contributed by atoms with Crippen molar-refractivity contribution >= 4 is 29.8 Å². The van der Waals surface area contributed by atoms with E-state index in [0.717, 1.165) is 41.3 Å². The minimum absolute atomic E-state index is 0. The van der Waals surface area contributed by atoms with Gasteiger partial charge in [0, 0.05) is 30.5 Å². The molecule has 0 aliphatic carbocycles. The predicted octanol–water partition coefficient (Wildman–Crippen LogP) is 2.68. The molecule has 0 atom stereocenters. The molecule has 2 heterocycles. The third-order valence-electron chi connectivity index (χ3n) is 8.46. The van der Waals surface area contributed by atoms with E-state index in [1.165, 1.54) is 54.9 Å². The molecule has 0 aromatic heterocycles. The third-order valence-corrected chi connectivity index (χ3v) is 8.46. The molecule has 2 N–H and O–H groups in total. The molecule has 43 heavy (non-hydrogen) atoms. The van der Waals surface area contributed by atoms with Crippen molar-refractivity contribution in [3.63, 3.8) is 0 Å². The number of hydrogen-bond donors (Lipinski definition) is 1. The number of amides is 1. The molecule has 224 valence electrons. The molecule has 0 spiro atoms. The van der Waals surface area contributed by atoms with Crippen molar-refractivity contribution in [1.82, 2.24) is 4.90 Å². The summed E-state index contributed by atoms with van der Waals surface area (Å²) in [6.07, 6.45) is 8.76. The Balaban J connectivity index is 0.000000435. The Morgan fingerprint density at radius 1 is 0.930 bits per heavy atom. The zero-order chi connectivity index (χ0) is 29.9. The van der Waals surface area contributed by atoms with Crippen LogP contribution in [0.15, 0.2) is 66.7 Å². The van der Waals surface area contributed by atoms with Gasteiger partial charge in [-0.25, -0.2) is 0 Å². The molecule has 3 aromatic rings. The van der Waals surface area contributed by atoms with Crippen LogP contribution < -0.4 is 39.1 Å². The van der Waals surface area contributed by atoms with Gasteiger partial charge in [-0.3, -0.25) is 6.29 Å². The van der Waals surface area contributed by atoms with Crippen LogP contribution in [0.25, 0.3) is 0 Å². The topological polar surface area (TPSA) is 79.1 Å². The van der Waals surface area contributed by atoms with Gasteiger partial charge in [0.15, 0.2) is 0 Å². The zero-order valence-electron chi connectivity index (χ0n) is 25.9. The minimum atomic E-state index is 0. The van der Waals surface area contributed by atoms with E-state index in [9.17, 15) is 9.59 Å². The van der Waals surface area contributed by atoms with Crippen LogP contribution in [-0.2, 0) is 9.59 Å². The van der Waals surface area contributed by atoms with Crippen molar-refractivity contribution in [3.8, 4) is 5.75 Å². The molecule has 0 saturated carbocycles. The summed E-state index contributed by atoms with van der Waals surface area (Å²) in [5.41, 5.74) is 12.1. The van der Waals surface area contributed by atoms with E-state index >= 15 is 0 Å². The van der Waals surface area contributed by atoms with Crippen LogP contribution in [0, 0.1) is 13.8 Å². The van der Waals surface area contributed by atoms with Gasteiger partial charge in [0.2, 0.25) is 0 Å². The number of aryl methyl sites for hydroxylation is 1. The molecule has 0 unspecified atom stereocenters. The number of anilines is 3. The van der Waals surface area contributed by atoms with E-state index < -0.39 is 0 Å². The molecule has 8 heteroatoms. The van der Waals surface area contributed by atoms with Crippen molar-refractivity contribution in [2.75, 3.05) is 55.4 Å². The maximum atomic E-state index is 11.3. The summed E-state index contributed by atoms with van der Waals surface area (Å²) < 4.78 is 4.94. The first-order valence-electron chi connectivity index (χ1n) is 14.8. The molecule has 2 saturated heterocycles. The van der Waals surface area contributed by atoms with E-state index in [0.29, 0.717) is 18.5 Å². The van der Waals surface area contributed by atoms with Gasteiger partial charge in [-0.15, -0.1) is 23.7 Å². The number of nitrogens with two attached hydrogens (primary N) is 1. The van der Waals surface area contributed by atoms with Crippen LogP contribution in [0.5, 0.6) is 5.75 Å². The fraction of sp³-hybridized carbons (Fsp3) is 0.400. The number of ether oxygens (including phenoxy) is 1. The van der Waals surface area contributed by atoms with Crippen LogP contribution >= 0.6 is 0 Å². The Labute approximate surface area is 269 Å². The number of benzene rings is 3. The molecular weight excluding hydrogens is 531 g/mol. The second-order valence-electron chi connectivity index (χ2n) is 11.2. The van der Waals surface area contributed by atoms with Gasteiger partial charge in [-0.2, -0.15) is 24.6 Å². The molecular formula is C35H43LiN4O3-2. The molecule has 0 radical (unpaired) electrons. The first-order chi connectivity index (χ1) is 20.4. The maximum absolute atomic E-state index is 11.3. The van der Waals surface area contributed by atoms with Gasteiger partial charge in [0.25, 0.3) is 0 Å². The Kier molecular flexibility index (Phi) is 13.5. The van der Waals surface area contributed by atoms with Crippen molar-refractivity contribution < 1.29 is 33.2 Å². The quantitative estimate of drug-likeness (QED) is 0.183. The maximum Gasteiger partial charge on any atom is 1.00 e. The van der Waals surface area contributed by atoms with Crippen LogP contribution in [0.1, 0.15) is 54.7 Å². The monoisotopic (exact) mass is 574 g/mol. The van der Waals surface area contributed by atoms with Gasteiger partial charge in [-0.05, 0) is 68.9 Å². The van der Waals surface area contributed by atoms with Crippen molar-refractivity contribution in [2.45, 2.75) is 51.0 Å². The second-order valence-corrected chi connectivity index (χ2v) is 11.2. The third kappa shape index (κ3) is 9.56. The fourth-order valence-corrected chi connectivity index (χ4v) is 5.99. The summed E-state index contributed by atoms with van der Waals surface area (Å²) in [7, 11) is 1.65. The molecule has 7 nitrogen and oxygen atoms in total. The predicted molar refractivity (Wildman–Crippen MR) is 172 cm³/mol. The average molecular weight is 575 g/mol. The standard InChI is InChI=1S/C27H34N4O2.C8H9O.Li/c1-21-19-26(7-8-27(21)31(20-33)13-2-18-32)30-16-11-25(12-17-30)29-14-9-23(10-15-29)22-3-5-24(28)6-4-22;1-7-3-5-8(9-2)6-4-7;/h3-8,19,23,25H,2,9-17,28H2,1H3;3-6H,1H2,2H3;/q-2;-1;+1. The first kappa shape index (κ1) is 34.1. The Morgan fingerprint density at radius 2 is 1.58 bits per heavy atom. The molecule has 0 bridgehead atoms. The molecule has 2 aliphatic rings. The summed E-state index contributed by atoms with van der Waals surface area (Å²) in [4.78, 5) is 28.4. The number of nitrogen functional groups attached to an aromatic ring is 1. The largest absolute Gasteiger partial charge is 1.00 e. The molecule has 5 rings (SSSR count). The first-order valence-corrected chi connectivity index (χ1v) is 14.8. The average Bonchev–Trinajstić information content (AvgIpc) is 3.03. The van der Waals surface area contributed by atoms with Crippen LogP contribution in [0.3, 0.4) is 0 Å². The number of likely N-dealkylation sites (tertiary alicyclic amines) is 1. The Morgan fingerprint density at radius 3 is 2.14 bits per heavy atom. The van der Waals surface area contributed by atoms with Crippen molar-refractivity contribution in [2.24, 2.45) is 0 Å². The van der Waals surface area contributed by atoms with Crippen molar-refractivity contribution in [1.29, 1.82) is 0 Å². The number of hydrogen-bond acceptors (Lipinski definition) is 6. The number of piperidine rings is 2. The van der Waals surface area contributed by atoms with Crippen LogP contribution in [0.2, 0.25) is 0 Å². The van der Waals surface area contributed by atoms with Crippen LogP contribution in [0.4, 0.5) is 17.1 Å². The van der Waals surface area contributed by atoms with E-state index in [1.807, 2.05) is 62.1 Å². The van der Waals surface area contributed by atoms with Gasteiger partial charge in [0.05, 0.1) is 19.3 Å². The zero-order valence-corrected chi connectivity index (χ0v) is 25.9. The Hall–Kier alpha value is -3.37. The second kappa shape index (κ2) is 17.1. The molecule has 2 fully saturated rings. The molecule has 1 amide bonds. The van der Waals surface area contributed by atoms with Crippen LogP contribution in [-0.4, -0.2) is 63.5 Å². The summed E-state index contributed by atoms with van der Waals surface area (Å²) in [5, 5.41) is 0. The van der Waals surface area contributed by atoms with E-state index in [4.69, 9.17) is 10.5 Å². The van der Waals surface area contributed by atoms with Gasteiger partial charge in [0.1, 0.15) is 0 Å². The summed E-state index contributed by atoms with van der Waals surface area (Å²) in [6.45, 7) is 10.5. The fourth-order valence-electron chi connectivity index (χ4n) is 5.99. The SMILES string of the molecule is Cc1cc(N2CCC(N3CCC(c4ccc(N)cc4)CC3)CC2)ccc1N([C-]=O)CC[C-]=O.[CH2-]c1ccc(OC)cc1.[Li+]. The smallest absolute Gasteiger partial charge is 0.542 e. The number of methoxy groups -OCH3 is 1. The van der Waals surface area contributed by atoms with E-state index in [2.05, 4.69) is 41.0 Å². The van der Waals surface area contributed by atoms with Gasteiger partial charge in [-0.1, -0.05) is 43.3 Å². The van der Waals surface area contributed by atoms with E-state index in [1.54, 1.807) is 7.11 Å². The van der Waals surface area contributed by atoms with Gasteiger partial charge >= 0.3 is 18.9 Å². The summed E-state index contributed by atoms with van der Waals surface area (Å²) in [5.74, 6) is 1.53. The summed E-state index contributed by atoms with van der Waals surface area (Å²) >= 11 is 0. The van der Waals surface area contributed by atoms with E-state index in [-0.39, 0.29) is 25.3 Å². The Bertz CT molecular complexity index is 1270. The molecule has 2 aliphatic heterocycles. The minimum Gasteiger partial charge on any atom is -0.542 e. The van der Waals surface area contributed by atoms with Crippen molar-refractivity contribution in [3.05, 3.63) is 90.3 Å². The molecule has 3 aromatic carbocycles.